The summed E-state index contributed by atoms with van der Waals surface area (Å²) in [6.45, 7) is 1.63. The first-order valence-corrected chi connectivity index (χ1v) is 5.44. The summed E-state index contributed by atoms with van der Waals surface area (Å²) in [4.78, 5) is 22.0. The molecule has 0 aromatic rings. The van der Waals surface area contributed by atoms with E-state index in [0.717, 1.165) is 12.2 Å². The van der Waals surface area contributed by atoms with Gasteiger partial charge in [0.1, 0.15) is 13.2 Å². The highest BCUT2D eigenvalue weighted by atomic mass is 16.6. The molecule has 0 aliphatic carbocycles. The van der Waals surface area contributed by atoms with Crippen LogP contribution in [-0.4, -0.2) is 61.3 Å². The number of ether oxygens (including phenoxy) is 3. The number of aliphatic hydroxyl groups is 2. The van der Waals surface area contributed by atoms with Crippen molar-refractivity contribution < 1.29 is 34.0 Å². The fourth-order valence-electron chi connectivity index (χ4n) is 0.803. The Kier molecular flexibility index (Phi) is 9.84. The van der Waals surface area contributed by atoms with Crippen molar-refractivity contribution in [3.8, 4) is 0 Å². The Morgan fingerprint density at radius 3 is 2.28 bits per heavy atom. The maximum Gasteiger partial charge on any atom is 0.331 e. The molecule has 0 fully saturated rings. The van der Waals surface area contributed by atoms with Gasteiger partial charge in [0.2, 0.25) is 0 Å². The molecule has 2 N–H and O–H groups in total. The van der Waals surface area contributed by atoms with Gasteiger partial charge in [-0.25, -0.2) is 9.59 Å². The first-order chi connectivity index (χ1) is 8.56. The zero-order chi connectivity index (χ0) is 13.8. The number of carbonyl (C=O) groups excluding carboxylic acids is 2. The average molecular weight is 262 g/mol. The zero-order valence-corrected chi connectivity index (χ0v) is 10.2. The van der Waals surface area contributed by atoms with Gasteiger partial charge in [-0.3, -0.25) is 0 Å². The van der Waals surface area contributed by atoms with Crippen molar-refractivity contribution in [2.75, 3.05) is 33.0 Å². The van der Waals surface area contributed by atoms with Crippen LogP contribution in [0.4, 0.5) is 0 Å². The molecular formula is C11H18O7. The third kappa shape index (κ3) is 11.1. The summed E-state index contributed by atoms with van der Waals surface area (Å²) < 4.78 is 14.1. The van der Waals surface area contributed by atoms with E-state index in [1.54, 1.807) is 0 Å². The third-order valence-corrected chi connectivity index (χ3v) is 1.53. The van der Waals surface area contributed by atoms with Crippen LogP contribution in [0.3, 0.4) is 0 Å². The van der Waals surface area contributed by atoms with Crippen LogP contribution in [0.5, 0.6) is 0 Å². The van der Waals surface area contributed by atoms with Crippen molar-refractivity contribution in [3.63, 3.8) is 0 Å². The van der Waals surface area contributed by atoms with E-state index < -0.39 is 18.0 Å². The van der Waals surface area contributed by atoms with Gasteiger partial charge in [-0.05, 0) is 6.92 Å². The lowest BCUT2D eigenvalue weighted by Crippen LogP contribution is -2.14. The van der Waals surface area contributed by atoms with Crippen LogP contribution in [0.1, 0.15) is 6.92 Å². The van der Waals surface area contributed by atoms with Gasteiger partial charge in [-0.15, -0.1) is 0 Å². The fraction of sp³-hybridized carbons (Fsp3) is 0.636. The Morgan fingerprint density at radius 2 is 1.72 bits per heavy atom. The maximum atomic E-state index is 11.0. The van der Waals surface area contributed by atoms with Gasteiger partial charge >= 0.3 is 11.9 Å². The Balaban J connectivity index is 3.63. The van der Waals surface area contributed by atoms with E-state index in [0.29, 0.717) is 0 Å². The first kappa shape index (κ1) is 16.6. The third-order valence-electron chi connectivity index (χ3n) is 1.53. The monoisotopic (exact) mass is 262 g/mol. The lowest BCUT2D eigenvalue weighted by molar-refractivity contribution is -0.142. The topological polar surface area (TPSA) is 102 Å². The zero-order valence-electron chi connectivity index (χ0n) is 10.2. The molecular weight excluding hydrogens is 244 g/mol. The maximum absolute atomic E-state index is 11.0. The van der Waals surface area contributed by atoms with Crippen LogP contribution in [0.2, 0.25) is 0 Å². The first-order valence-electron chi connectivity index (χ1n) is 5.44. The molecule has 0 saturated heterocycles. The average Bonchev–Trinajstić information content (AvgIpc) is 2.33. The second kappa shape index (κ2) is 10.7. The highest BCUT2D eigenvalue weighted by molar-refractivity contribution is 5.91. The molecule has 0 spiro atoms. The summed E-state index contributed by atoms with van der Waals surface area (Å²) in [5.41, 5.74) is 0. The number of hydrogen-bond donors (Lipinski definition) is 2. The Morgan fingerprint density at radius 1 is 1.11 bits per heavy atom. The summed E-state index contributed by atoms with van der Waals surface area (Å²) in [6, 6.07) is 0. The number of hydrogen-bond acceptors (Lipinski definition) is 7. The number of rotatable bonds is 9. The highest BCUT2D eigenvalue weighted by Crippen LogP contribution is 1.88. The summed E-state index contributed by atoms with van der Waals surface area (Å²) in [5.74, 6) is -1.43. The van der Waals surface area contributed by atoms with Crippen molar-refractivity contribution >= 4 is 11.9 Å². The fourth-order valence-corrected chi connectivity index (χ4v) is 0.803. The highest BCUT2D eigenvalue weighted by Gasteiger charge is 2.02. The van der Waals surface area contributed by atoms with Crippen LogP contribution in [0.15, 0.2) is 12.2 Å². The van der Waals surface area contributed by atoms with Gasteiger partial charge in [0.25, 0.3) is 0 Å². The van der Waals surface area contributed by atoms with Crippen molar-refractivity contribution in [3.05, 3.63) is 12.2 Å². The van der Waals surface area contributed by atoms with E-state index >= 15 is 0 Å². The number of carbonyl (C=O) groups is 2. The van der Waals surface area contributed by atoms with Crippen molar-refractivity contribution in [2.24, 2.45) is 0 Å². The van der Waals surface area contributed by atoms with Gasteiger partial charge in [0.05, 0.1) is 25.9 Å². The molecule has 0 amide bonds. The van der Waals surface area contributed by atoms with E-state index in [-0.39, 0.29) is 33.0 Å². The summed E-state index contributed by atoms with van der Waals surface area (Å²) in [5, 5.41) is 17.2. The van der Waals surface area contributed by atoms with Crippen LogP contribution < -0.4 is 0 Å². The van der Waals surface area contributed by atoms with E-state index in [1.807, 2.05) is 0 Å². The molecule has 7 heteroatoms. The largest absolute Gasteiger partial charge is 0.460 e. The van der Waals surface area contributed by atoms with Crippen molar-refractivity contribution in [1.82, 2.24) is 0 Å². The molecule has 7 nitrogen and oxygen atoms in total. The molecule has 0 rings (SSSR count). The van der Waals surface area contributed by atoms with Gasteiger partial charge in [-0.2, -0.15) is 0 Å². The molecule has 0 saturated carbocycles. The lowest BCUT2D eigenvalue weighted by Gasteiger charge is -2.04. The quantitative estimate of drug-likeness (QED) is 0.313. The molecule has 0 aliphatic rings. The molecule has 0 aliphatic heterocycles. The molecule has 1 unspecified atom stereocenters. The van der Waals surface area contributed by atoms with E-state index in [4.69, 9.17) is 14.9 Å². The second-order valence-electron chi connectivity index (χ2n) is 3.32. The number of esters is 2. The lowest BCUT2D eigenvalue weighted by atomic mass is 10.4. The van der Waals surface area contributed by atoms with Gasteiger partial charge in [-0.1, -0.05) is 0 Å². The van der Waals surface area contributed by atoms with Gasteiger partial charge in [0, 0.05) is 12.2 Å². The minimum Gasteiger partial charge on any atom is -0.460 e. The van der Waals surface area contributed by atoms with Crippen molar-refractivity contribution in [2.45, 2.75) is 13.0 Å². The molecule has 0 bridgehead atoms. The molecule has 1 atom stereocenters. The molecule has 0 aromatic carbocycles. The van der Waals surface area contributed by atoms with E-state index in [9.17, 15) is 9.59 Å². The van der Waals surface area contributed by atoms with Crippen LogP contribution >= 0.6 is 0 Å². The minimum atomic E-state index is -0.752. The Hall–Kier alpha value is -1.44. The molecule has 0 radical (unpaired) electrons. The predicted octanol–water partition coefficient (Wildman–Crippen LogP) is -0.981. The molecule has 0 aromatic heterocycles. The standard InChI is InChI=1S/C11H18O7/c1-9(13)8-18-11(15)3-2-10(14)17-7-6-16-5-4-12/h2-3,9,12-13H,4-8H2,1H3. The van der Waals surface area contributed by atoms with Gasteiger partial charge in [0.15, 0.2) is 0 Å². The van der Waals surface area contributed by atoms with Crippen LogP contribution in [-0.2, 0) is 23.8 Å². The van der Waals surface area contributed by atoms with Crippen molar-refractivity contribution in [1.29, 1.82) is 0 Å². The Labute approximate surface area is 105 Å². The minimum absolute atomic E-state index is 0.0336. The normalized spacial score (nSPS) is 12.4. The molecule has 18 heavy (non-hydrogen) atoms. The smallest absolute Gasteiger partial charge is 0.331 e. The SMILES string of the molecule is CC(O)COC(=O)C=CC(=O)OCCOCCO. The molecule has 104 valence electrons. The van der Waals surface area contributed by atoms with E-state index in [2.05, 4.69) is 9.47 Å². The van der Waals surface area contributed by atoms with E-state index in [1.165, 1.54) is 6.92 Å². The summed E-state index contributed by atoms with van der Waals surface area (Å²) in [7, 11) is 0. The number of aliphatic hydroxyl groups excluding tert-OH is 2. The van der Waals surface area contributed by atoms with Crippen LogP contribution in [0, 0.1) is 0 Å². The summed E-state index contributed by atoms with van der Waals surface area (Å²) >= 11 is 0. The van der Waals surface area contributed by atoms with Crippen LogP contribution in [0.25, 0.3) is 0 Å². The Bertz CT molecular complexity index is 273. The summed E-state index contributed by atoms with van der Waals surface area (Å²) in [6.07, 6.45) is 1.09. The van der Waals surface area contributed by atoms with Gasteiger partial charge < -0.3 is 24.4 Å². The predicted molar refractivity (Wildman–Crippen MR) is 60.6 cm³/mol. The second-order valence-corrected chi connectivity index (χ2v) is 3.32. The molecule has 0 heterocycles.